The molecule has 4 aliphatic rings. The summed E-state index contributed by atoms with van der Waals surface area (Å²) in [5, 5.41) is 0. The van der Waals surface area contributed by atoms with Gasteiger partial charge in [-0.05, 0) is 26.7 Å². The number of phosphoric ester groups is 2. The molecule has 12 nitrogen and oxygen atoms in total. The first kappa shape index (κ1) is 52.7. The van der Waals surface area contributed by atoms with Gasteiger partial charge in [-0.15, -0.1) is 0 Å². The molecule has 4 aliphatic heterocycles. The molecule has 0 unspecified atom stereocenters. The number of esters is 2. The molecule has 0 saturated carbocycles. The van der Waals surface area contributed by atoms with Gasteiger partial charge in [-0.25, -0.2) is 18.7 Å². The first-order valence-corrected chi connectivity index (χ1v) is 27.0. The Morgan fingerprint density at radius 3 is 0.983 bits per heavy atom. The van der Waals surface area contributed by atoms with Crippen LogP contribution in [0.1, 0.15) is 207 Å². The van der Waals surface area contributed by atoms with E-state index in [9.17, 15) is 18.7 Å². The monoisotopic (exact) mass is 889 g/mol. The van der Waals surface area contributed by atoms with Gasteiger partial charge in [0.2, 0.25) is 0 Å². The maximum atomic E-state index is 12.7. The minimum absolute atomic E-state index is 0.119. The van der Waals surface area contributed by atoms with E-state index in [1.54, 1.807) is 13.8 Å². The highest BCUT2D eigenvalue weighted by Crippen LogP contribution is 2.56. The predicted molar refractivity (Wildman–Crippen MR) is 236 cm³/mol. The molecule has 0 N–H and O–H groups in total. The highest BCUT2D eigenvalue weighted by atomic mass is 31.2. The van der Waals surface area contributed by atoms with Crippen molar-refractivity contribution in [3.63, 3.8) is 0 Å². The Labute approximate surface area is 363 Å². The second-order valence-electron chi connectivity index (χ2n) is 17.1. The van der Waals surface area contributed by atoms with Crippen LogP contribution in [0.25, 0.3) is 0 Å². The first-order chi connectivity index (χ1) is 29.1. The highest BCUT2D eigenvalue weighted by Gasteiger charge is 2.43. The Hall–Kier alpha value is -1.68. The lowest BCUT2D eigenvalue weighted by Gasteiger charge is -2.17. The molecule has 0 bridgehead atoms. The Morgan fingerprint density at radius 1 is 0.433 bits per heavy atom. The highest BCUT2D eigenvalue weighted by molar-refractivity contribution is 7.48. The molecule has 0 radical (unpaired) electrons. The number of unbranched alkanes of at least 4 members (excludes halogenated alkanes) is 26. The summed E-state index contributed by atoms with van der Waals surface area (Å²) < 4.78 is 67.8. The third-order valence-electron chi connectivity index (χ3n) is 11.7. The van der Waals surface area contributed by atoms with Gasteiger partial charge in [0.1, 0.15) is 24.7 Å². The molecule has 0 aliphatic carbocycles. The molecule has 2 fully saturated rings. The number of carbonyl (C=O) groups excluding carboxylic acids is 2. The summed E-state index contributed by atoms with van der Waals surface area (Å²) in [4.78, 5) is 23.5. The molecule has 0 aromatic carbocycles. The second-order valence-corrected chi connectivity index (χ2v) is 20.2. The zero-order valence-corrected chi connectivity index (χ0v) is 39.8. The van der Waals surface area contributed by atoms with Crippen molar-refractivity contribution in [2.24, 2.45) is 11.8 Å². The van der Waals surface area contributed by atoms with Gasteiger partial charge in [-0.2, -0.15) is 0 Å². The Balaban J connectivity index is 0.000000320. The lowest BCUT2D eigenvalue weighted by atomic mass is 10.0. The number of allylic oxidation sites excluding steroid dienone is 2. The van der Waals surface area contributed by atoms with Gasteiger partial charge < -0.3 is 18.5 Å². The van der Waals surface area contributed by atoms with Crippen LogP contribution in [0.2, 0.25) is 0 Å². The van der Waals surface area contributed by atoms with Crippen molar-refractivity contribution in [2.45, 2.75) is 207 Å². The number of fused-ring (bicyclic) bond motifs is 2. The van der Waals surface area contributed by atoms with Crippen LogP contribution in [-0.4, -0.2) is 51.6 Å². The largest absolute Gasteiger partial charge is 0.529 e. The van der Waals surface area contributed by atoms with Crippen molar-refractivity contribution in [1.82, 2.24) is 0 Å². The Bertz CT molecular complexity index is 1280. The molecule has 0 aromatic heterocycles. The maximum Gasteiger partial charge on any atom is 0.529 e. The van der Waals surface area contributed by atoms with E-state index in [0.717, 1.165) is 25.7 Å². The summed E-state index contributed by atoms with van der Waals surface area (Å²) >= 11 is 0. The number of phosphoric acid groups is 2. The summed E-state index contributed by atoms with van der Waals surface area (Å²) in [6, 6.07) is 0. The first-order valence-electron chi connectivity index (χ1n) is 24.0. The number of ether oxygens (including phenoxy) is 2. The van der Waals surface area contributed by atoms with E-state index in [1.165, 1.54) is 154 Å². The van der Waals surface area contributed by atoms with Crippen molar-refractivity contribution >= 4 is 27.6 Å². The predicted octanol–water partition coefficient (Wildman–Crippen LogP) is 14.2. The van der Waals surface area contributed by atoms with Crippen molar-refractivity contribution in [1.29, 1.82) is 0 Å². The fourth-order valence-electron chi connectivity index (χ4n) is 8.06. The number of rotatable bonds is 32. The van der Waals surface area contributed by atoms with E-state index in [1.807, 2.05) is 0 Å². The molecule has 14 heteroatoms. The van der Waals surface area contributed by atoms with Crippen LogP contribution >= 0.6 is 15.6 Å². The van der Waals surface area contributed by atoms with E-state index in [0.29, 0.717) is 35.9 Å². The third-order valence-corrected chi connectivity index (χ3v) is 14.6. The molecule has 348 valence electrons. The SMILES string of the molecule is CCCCCCCCCCCCCCCCO[P@@]1(=O)OC[C@H]2COC(=O)C2=C(C)O1.CCCCCCCCCCCCCCCCO[P@]1(=O)OC[C@H]2COC(=O)C2=C(C)O1. The fraction of sp³-hybridized carbons (Fsp3) is 0.870. The quantitative estimate of drug-likeness (QED) is 0.0360. The van der Waals surface area contributed by atoms with Gasteiger partial charge in [0.15, 0.2) is 0 Å². The summed E-state index contributed by atoms with van der Waals surface area (Å²) in [7, 11) is -7.29. The summed E-state index contributed by atoms with van der Waals surface area (Å²) in [5.74, 6) is -0.687. The number of cyclic esters (lactones) is 2. The van der Waals surface area contributed by atoms with E-state index < -0.39 is 27.6 Å². The van der Waals surface area contributed by atoms with Crippen LogP contribution in [0.5, 0.6) is 0 Å². The van der Waals surface area contributed by atoms with Crippen LogP contribution in [0, 0.1) is 11.8 Å². The molecular weight excluding hydrogens is 806 g/mol. The van der Waals surface area contributed by atoms with Crippen LogP contribution in [0.4, 0.5) is 0 Å². The molecule has 0 spiro atoms. The molecule has 0 aromatic rings. The van der Waals surface area contributed by atoms with Crippen LogP contribution in [-0.2, 0) is 55.3 Å². The van der Waals surface area contributed by atoms with Crippen LogP contribution in [0.15, 0.2) is 22.7 Å². The summed E-state index contributed by atoms with van der Waals surface area (Å²) in [6.45, 7) is 9.17. The molecule has 4 rings (SSSR count). The smallest absolute Gasteiger partial charge is 0.461 e. The van der Waals surface area contributed by atoms with Crippen molar-refractivity contribution in [3.8, 4) is 0 Å². The lowest BCUT2D eigenvalue weighted by molar-refractivity contribution is -0.136. The molecule has 4 atom stereocenters. The second kappa shape index (κ2) is 31.2. The van der Waals surface area contributed by atoms with Gasteiger partial charge in [-0.1, -0.05) is 181 Å². The minimum atomic E-state index is -3.65. The van der Waals surface area contributed by atoms with E-state index in [-0.39, 0.29) is 38.3 Å². The topological polar surface area (TPSA) is 142 Å². The Morgan fingerprint density at radius 2 is 0.700 bits per heavy atom. The molecule has 2 saturated heterocycles. The van der Waals surface area contributed by atoms with Gasteiger partial charge in [-0.3, -0.25) is 18.1 Å². The van der Waals surface area contributed by atoms with Gasteiger partial charge in [0.05, 0.1) is 49.4 Å². The standard InChI is InChI=1S/2C23H41O6P/c2*1-3-4-5-6-7-8-9-10-11-12-13-14-15-16-17-27-30(25)28-19-21-18-26-23(24)22(21)20(2)29-30/h2*21H,3-19H2,1-2H3/t21-,30+;21-,30-/m11/s1. The number of carbonyl (C=O) groups is 2. The molecule has 4 heterocycles. The average molecular weight is 889 g/mol. The van der Waals surface area contributed by atoms with Crippen molar-refractivity contribution in [2.75, 3.05) is 39.6 Å². The van der Waals surface area contributed by atoms with Crippen molar-refractivity contribution in [3.05, 3.63) is 22.7 Å². The van der Waals surface area contributed by atoms with E-state index in [2.05, 4.69) is 13.8 Å². The van der Waals surface area contributed by atoms with Gasteiger partial charge in [0.25, 0.3) is 0 Å². The molecule has 60 heavy (non-hydrogen) atoms. The lowest BCUT2D eigenvalue weighted by Crippen LogP contribution is -2.10. The summed E-state index contributed by atoms with van der Waals surface area (Å²) in [6.07, 6.45) is 35.9. The van der Waals surface area contributed by atoms with E-state index >= 15 is 0 Å². The van der Waals surface area contributed by atoms with Crippen LogP contribution < -0.4 is 0 Å². The zero-order chi connectivity index (χ0) is 43.3. The zero-order valence-electron chi connectivity index (χ0n) is 38.0. The van der Waals surface area contributed by atoms with Crippen LogP contribution in [0.3, 0.4) is 0 Å². The normalized spacial score (nSPS) is 23.8. The maximum absolute atomic E-state index is 12.7. The average Bonchev–Trinajstić information content (AvgIpc) is 3.72. The van der Waals surface area contributed by atoms with Gasteiger partial charge >= 0.3 is 27.6 Å². The van der Waals surface area contributed by atoms with Crippen molar-refractivity contribution < 1.29 is 55.3 Å². The number of hydrogen-bond donors (Lipinski definition) is 0. The fourth-order valence-corrected chi connectivity index (χ4v) is 10.7. The van der Waals surface area contributed by atoms with Gasteiger partial charge in [0, 0.05) is 0 Å². The third kappa shape index (κ3) is 21.1. The Kier molecular flexibility index (Phi) is 27.4. The molecular formula is C46H82O12P2. The minimum Gasteiger partial charge on any atom is -0.461 e. The van der Waals surface area contributed by atoms with E-state index in [4.69, 9.17) is 36.6 Å². The summed E-state index contributed by atoms with van der Waals surface area (Å²) in [5.41, 5.74) is 0.848. The number of hydrogen-bond acceptors (Lipinski definition) is 12. The molecule has 0 amide bonds.